The van der Waals surface area contributed by atoms with Gasteiger partial charge >= 0.3 is 0 Å². The van der Waals surface area contributed by atoms with Crippen molar-refractivity contribution in [1.29, 1.82) is 5.26 Å². The van der Waals surface area contributed by atoms with Crippen molar-refractivity contribution in [3.8, 4) is 6.07 Å². The van der Waals surface area contributed by atoms with E-state index in [2.05, 4.69) is 21.7 Å². The van der Waals surface area contributed by atoms with Gasteiger partial charge in [-0.2, -0.15) is 5.26 Å². The molecular formula is C21H22N4O2. The van der Waals surface area contributed by atoms with E-state index in [-0.39, 0.29) is 23.7 Å². The summed E-state index contributed by atoms with van der Waals surface area (Å²) < 4.78 is 0. The minimum atomic E-state index is -0.0788. The number of hydrogen-bond acceptors (Lipinski definition) is 4. The number of rotatable bonds is 5. The van der Waals surface area contributed by atoms with E-state index in [0.717, 1.165) is 5.56 Å². The molecule has 138 valence electrons. The topological polar surface area (TPSA) is 94.9 Å². The summed E-state index contributed by atoms with van der Waals surface area (Å²) in [5, 5.41) is 14.7. The summed E-state index contributed by atoms with van der Waals surface area (Å²) in [6, 6.07) is 12.6. The Morgan fingerprint density at radius 2 is 1.56 bits per heavy atom. The molecule has 2 aromatic rings. The fraction of sp³-hybridized carbons (Fsp3) is 0.333. The molecule has 1 fully saturated rings. The van der Waals surface area contributed by atoms with E-state index in [1.54, 1.807) is 36.7 Å². The first-order chi connectivity index (χ1) is 13.2. The van der Waals surface area contributed by atoms with Crippen LogP contribution in [0.1, 0.15) is 36.8 Å². The largest absolute Gasteiger partial charge is 0.352 e. The summed E-state index contributed by atoms with van der Waals surface area (Å²) in [4.78, 5) is 28.7. The number of pyridine rings is 1. The molecule has 1 aromatic heterocycles. The lowest BCUT2D eigenvalue weighted by molar-refractivity contribution is -0.128. The normalized spacial score (nSPS) is 18.9. The lowest BCUT2D eigenvalue weighted by Gasteiger charge is -2.27. The van der Waals surface area contributed by atoms with E-state index in [1.807, 2.05) is 12.1 Å². The van der Waals surface area contributed by atoms with Crippen LogP contribution in [-0.4, -0.2) is 16.8 Å². The van der Waals surface area contributed by atoms with Crippen LogP contribution in [-0.2, 0) is 16.1 Å². The lowest BCUT2D eigenvalue weighted by atomic mass is 9.81. The zero-order valence-electron chi connectivity index (χ0n) is 15.0. The maximum Gasteiger partial charge on any atom is 0.227 e. The van der Waals surface area contributed by atoms with Gasteiger partial charge in [-0.15, -0.1) is 0 Å². The van der Waals surface area contributed by atoms with Crippen molar-refractivity contribution in [1.82, 2.24) is 10.3 Å². The molecular weight excluding hydrogens is 340 g/mol. The van der Waals surface area contributed by atoms with Gasteiger partial charge in [-0.25, -0.2) is 0 Å². The average molecular weight is 362 g/mol. The maximum atomic E-state index is 12.4. The summed E-state index contributed by atoms with van der Waals surface area (Å²) in [5.74, 6) is -0.0798. The van der Waals surface area contributed by atoms with Crippen molar-refractivity contribution in [2.24, 2.45) is 11.8 Å². The SMILES string of the molecule is N#Cc1ccc(NC(=O)C2CCC(C(=O)NCc3ccncc3)CC2)cc1. The second-order valence-corrected chi connectivity index (χ2v) is 6.80. The molecule has 1 heterocycles. The monoisotopic (exact) mass is 362 g/mol. The summed E-state index contributed by atoms with van der Waals surface area (Å²) in [6.07, 6.45) is 6.25. The molecule has 1 aliphatic carbocycles. The summed E-state index contributed by atoms with van der Waals surface area (Å²) in [5.41, 5.74) is 2.27. The van der Waals surface area contributed by atoms with Crippen LogP contribution in [0.4, 0.5) is 5.69 Å². The van der Waals surface area contributed by atoms with Gasteiger partial charge in [-0.1, -0.05) is 0 Å². The molecule has 0 radical (unpaired) electrons. The Balaban J connectivity index is 1.44. The number of nitrogens with one attached hydrogen (secondary N) is 2. The number of carbonyl (C=O) groups is 2. The molecule has 0 saturated heterocycles. The maximum absolute atomic E-state index is 12.4. The molecule has 6 heteroatoms. The summed E-state index contributed by atoms with van der Waals surface area (Å²) in [6.45, 7) is 0.500. The Labute approximate surface area is 158 Å². The molecule has 0 spiro atoms. The minimum absolute atomic E-state index is 0.0182. The highest BCUT2D eigenvalue weighted by molar-refractivity contribution is 5.92. The van der Waals surface area contributed by atoms with Crippen LogP contribution in [0.25, 0.3) is 0 Å². The van der Waals surface area contributed by atoms with Gasteiger partial charge in [0, 0.05) is 36.5 Å². The second kappa shape index (κ2) is 8.95. The number of carbonyl (C=O) groups excluding carboxylic acids is 2. The molecule has 0 aliphatic heterocycles. The summed E-state index contributed by atoms with van der Waals surface area (Å²) in [7, 11) is 0. The fourth-order valence-corrected chi connectivity index (χ4v) is 3.32. The number of nitriles is 1. The van der Waals surface area contributed by atoms with Crippen molar-refractivity contribution < 1.29 is 9.59 Å². The molecule has 1 saturated carbocycles. The van der Waals surface area contributed by atoms with Crippen LogP contribution < -0.4 is 10.6 Å². The van der Waals surface area contributed by atoms with Crippen LogP contribution in [0.15, 0.2) is 48.8 Å². The quantitative estimate of drug-likeness (QED) is 0.855. The predicted molar refractivity (Wildman–Crippen MR) is 101 cm³/mol. The van der Waals surface area contributed by atoms with Crippen molar-refractivity contribution in [2.45, 2.75) is 32.2 Å². The number of anilines is 1. The van der Waals surface area contributed by atoms with E-state index in [1.165, 1.54) is 0 Å². The van der Waals surface area contributed by atoms with E-state index in [4.69, 9.17) is 5.26 Å². The van der Waals surface area contributed by atoms with Crippen molar-refractivity contribution in [3.63, 3.8) is 0 Å². The number of hydrogen-bond donors (Lipinski definition) is 2. The van der Waals surface area contributed by atoms with Gasteiger partial charge in [0.1, 0.15) is 0 Å². The number of aromatic nitrogens is 1. The number of amides is 2. The highest BCUT2D eigenvalue weighted by Crippen LogP contribution is 2.30. The van der Waals surface area contributed by atoms with Gasteiger partial charge in [-0.3, -0.25) is 14.6 Å². The Hall–Kier alpha value is -3.20. The molecule has 27 heavy (non-hydrogen) atoms. The Bertz CT molecular complexity index is 820. The van der Waals surface area contributed by atoms with Crippen molar-refractivity contribution >= 4 is 17.5 Å². The second-order valence-electron chi connectivity index (χ2n) is 6.80. The summed E-state index contributed by atoms with van der Waals surface area (Å²) >= 11 is 0. The molecule has 2 N–H and O–H groups in total. The van der Waals surface area contributed by atoms with Gasteiger partial charge < -0.3 is 10.6 Å². The zero-order valence-corrected chi connectivity index (χ0v) is 15.0. The highest BCUT2D eigenvalue weighted by Gasteiger charge is 2.29. The van der Waals surface area contributed by atoms with E-state index < -0.39 is 0 Å². The molecule has 3 rings (SSSR count). The third kappa shape index (κ3) is 5.14. The molecule has 1 aliphatic rings. The molecule has 2 amide bonds. The first-order valence-corrected chi connectivity index (χ1v) is 9.13. The third-order valence-corrected chi connectivity index (χ3v) is 4.97. The van der Waals surface area contributed by atoms with Gasteiger partial charge in [0.25, 0.3) is 0 Å². The first-order valence-electron chi connectivity index (χ1n) is 9.13. The van der Waals surface area contributed by atoms with Crippen LogP contribution in [0.3, 0.4) is 0 Å². The van der Waals surface area contributed by atoms with Crippen LogP contribution in [0.5, 0.6) is 0 Å². The molecule has 6 nitrogen and oxygen atoms in total. The third-order valence-electron chi connectivity index (χ3n) is 4.97. The standard InChI is InChI=1S/C21H22N4O2/c22-13-15-1-7-19(8-2-15)25-21(27)18-5-3-17(4-6-18)20(26)24-14-16-9-11-23-12-10-16/h1-2,7-12,17-18H,3-6,14H2,(H,24,26)(H,25,27). The smallest absolute Gasteiger partial charge is 0.227 e. The van der Waals surface area contributed by atoms with Crippen molar-refractivity contribution in [3.05, 3.63) is 59.9 Å². The van der Waals surface area contributed by atoms with Gasteiger partial charge in [0.05, 0.1) is 11.6 Å². The zero-order chi connectivity index (χ0) is 19.1. The van der Waals surface area contributed by atoms with Crippen LogP contribution in [0.2, 0.25) is 0 Å². The lowest BCUT2D eigenvalue weighted by Crippen LogP contribution is -2.35. The molecule has 0 bridgehead atoms. The Morgan fingerprint density at radius 1 is 0.963 bits per heavy atom. The average Bonchev–Trinajstić information content (AvgIpc) is 2.73. The van der Waals surface area contributed by atoms with Crippen LogP contribution in [0, 0.1) is 23.2 Å². The van der Waals surface area contributed by atoms with Gasteiger partial charge in [-0.05, 0) is 67.6 Å². The molecule has 0 unspecified atom stereocenters. The van der Waals surface area contributed by atoms with Crippen molar-refractivity contribution in [2.75, 3.05) is 5.32 Å². The Kier molecular flexibility index (Phi) is 6.16. The molecule has 0 atom stereocenters. The van der Waals surface area contributed by atoms with E-state index in [0.29, 0.717) is 43.5 Å². The predicted octanol–water partition coefficient (Wildman–Crippen LogP) is 3.01. The number of nitrogens with zero attached hydrogens (tertiary/aromatic N) is 2. The first kappa shape index (κ1) is 18.6. The van der Waals surface area contributed by atoms with E-state index >= 15 is 0 Å². The molecule has 1 aromatic carbocycles. The van der Waals surface area contributed by atoms with Crippen LogP contribution >= 0.6 is 0 Å². The fourth-order valence-electron chi connectivity index (χ4n) is 3.32. The van der Waals surface area contributed by atoms with E-state index in [9.17, 15) is 9.59 Å². The van der Waals surface area contributed by atoms with Gasteiger partial charge in [0.2, 0.25) is 11.8 Å². The Morgan fingerprint density at radius 3 is 2.15 bits per heavy atom. The van der Waals surface area contributed by atoms with Gasteiger partial charge in [0.15, 0.2) is 0 Å². The highest BCUT2D eigenvalue weighted by atomic mass is 16.2. The minimum Gasteiger partial charge on any atom is -0.352 e. The number of benzene rings is 1.